The zero-order valence-corrected chi connectivity index (χ0v) is 47.9. The molecule has 0 saturated carbocycles. The molecule has 8 bridgehead atoms. The second kappa shape index (κ2) is 18.4. The number of rotatable bonds is 5. The highest BCUT2D eigenvalue weighted by molar-refractivity contribution is 6.00. The molecule has 0 saturated heterocycles. The summed E-state index contributed by atoms with van der Waals surface area (Å²) in [5.74, 6) is -0.970. The first-order valence-corrected chi connectivity index (χ1v) is 26.7. The molecule has 0 amide bonds. The molecule has 75 heavy (non-hydrogen) atoms. The number of fused-ring (bicyclic) bond motifs is 8. The molecule has 4 aromatic carbocycles. The average Bonchev–Trinajstić information content (AvgIpc) is 4.16. The molecule has 3 aromatic heterocycles. The molecule has 0 atom stereocenters. The molecule has 0 radical (unpaired) electrons. The van der Waals surface area contributed by atoms with Gasteiger partial charge in [-0.2, -0.15) is 0 Å². The van der Waals surface area contributed by atoms with Gasteiger partial charge < -0.3 is 15.1 Å². The van der Waals surface area contributed by atoms with Gasteiger partial charge >= 0.3 is 5.97 Å². The van der Waals surface area contributed by atoms with E-state index in [1.54, 1.807) is 12.1 Å². The quantitative estimate of drug-likeness (QED) is 0.160. The van der Waals surface area contributed by atoms with Crippen LogP contribution in [0.25, 0.3) is 90.9 Å². The molecule has 0 fully saturated rings. The van der Waals surface area contributed by atoms with Crippen molar-refractivity contribution in [2.24, 2.45) is 0 Å². The molecule has 2 aliphatic heterocycles. The highest BCUT2D eigenvalue weighted by Crippen LogP contribution is 2.44. The zero-order chi connectivity index (χ0) is 54.5. The Hall–Kier alpha value is -7.05. The Morgan fingerprint density at radius 1 is 0.333 bits per heavy atom. The van der Waals surface area contributed by atoms with Crippen molar-refractivity contribution in [3.63, 3.8) is 0 Å². The molecule has 5 heterocycles. The summed E-state index contributed by atoms with van der Waals surface area (Å²) in [6.07, 6.45) is 8.64. The number of hydrogen-bond acceptors (Lipinski definition) is 3. The van der Waals surface area contributed by atoms with Crippen molar-refractivity contribution in [3.8, 4) is 44.5 Å². The first-order valence-electron chi connectivity index (χ1n) is 26.7. The number of nitrogens with zero attached hydrogens (tertiary/aromatic N) is 2. The smallest absolute Gasteiger partial charge is 0.335 e. The maximum Gasteiger partial charge on any atom is 0.335 e. The van der Waals surface area contributed by atoms with Crippen molar-refractivity contribution in [2.45, 2.75) is 157 Å². The van der Waals surface area contributed by atoms with Gasteiger partial charge in [0.2, 0.25) is 0 Å². The van der Waals surface area contributed by atoms with Crippen molar-refractivity contribution in [1.29, 1.82) is 0 Å². The average molecular weight is 995 g/mol. The first kappa shape index (κ1) is 52.8. The van der Waals surface area contributed by atoms with Crippen LogP contribution in [0, 0.1) is 0 Å². The summed E-state index contributed by atoms with van der Waals surface area (Å²) in [5, 5.41) is 10.0. The molecule has 0 aliphatic carbocycles. The van der Waals surface area contributed by atoms with Crippen LogP contribution in [-0.2, 0) is 32.5 Å². The molecule has 0 spiro atoms. The van der Waals surface area contributed by atoms with Crippen molar-refractivity contribution in [3.05, 3.63) is 165 Å². The van der Waals surface area contributed by atoms with Crippen LogP contribution < -0.4 is 0 Å². The van der Waals surface area contributed by atoms with Crippen LogP contribution in [0.5, 0.6) is 0 Å². The fraction of sp³-hybridized carbons (Fsp3) is 0.348. The normalized spacial score (nSPS) is 13.5. The topological polar surface area (TPSA) is 94.7 Å². The summed E-state index contributed by atoms with van der Waals surface area (Å²) in [4.78, 5) is 31.6. The van der Waals surface area contributed by atoms with Crippen molar-refractivity contribution >= 4 is 52.3 Å². The van der Waals surface area contributed by atoms with E-state index in [4.69, 9.17) is 9.97 Å². The van der Waals surface area contributed by atoms with E-state index >= 15 is 0 Å². The predicted octanol–water partition coefficient (Wildman–Crippen LogP) is 18.8. The number of carbonyl (C=O) groups is 1. The number of nitrogens with one attached hydrogen (secondary N) is 2. The molecule has 7 aromatic rings. The minimum Gasteiger partial charge on any atom is -0.478 e. The number of benzene rings is 4. The van der Waals surface area contributed by atoms with Gasteiger partial charge in [0.15, 0.2) is 0 Å². The van der Waals surface area contributed by atoms with Crippen LogP contribution in [0.15, 0.2) is 103 Å². The molecule has 2 aliphatic rings. The van der Waals surface area contributed by atoms with Crippen LogP contribution in [0.2, 0.25) is 0 Å². The zero-order valence-electron chi connectivity index (χ0n) is 47.9. The molecular formula is C69H78N4O2. The van der Waals surface area contributed by atoms with Gasteiger partial charge in [0, 0.05) is 44.3 Å². The van der Waals surface area contributed by atoms with Crippen LogP contribution in [0.4, 0.5) is 0 Å². The summed E-state index contributed by atoms with van der Waals surface area (Å²) in [5.41, 5.74) is 21.9. The summed E-state index contributed by atoms with van der Waals surface area (Å²) in [6.45, 7) is 41.1. The maximum atomic E-state index is 12.2. The Bertz CT molecular complexity index is 3490. The van der Waals surface area contributed by atoms with Crippen molar-refractivity contribution in [2.75, 3.05) is 0 Å². The third-order valence-electron chi connectivity index (χ3n) is 15.0. The Labute approximate surface area is 446 Å². The van der Waals surface area contributed by atoms with E-state index in [2.05, 4.69) is 238 Å². The van der Waals surface area contributed by atoms with E-state index in [1.165, 1.54) is 33.4 Å². The van der Waals surface area contributed by atoms with Crippen LogP contribution in [-0.4, -0.2) is 31.0 Å². The third kappa shape index (κ3) is 10.6. The lowest BCUT2D eigenvalue weighted by Crippen LogP contribution is -2.16. The molecule has 0 unspecified atom stereocenters. The minimum absolute atomic E-state index is 0.116. The van der Waals surface area contributed by atoms with Crippen LogP contribution in [0.1, 0.15) is 191 Å². The monoisotopic (exact) mass is 995 g/mol. The van der Waals surface area contributed by atoms with Gasteiger partial charge in [-0.15, -0.1) is 0 Å². The lowest BCUT2D eigenvalue weighted by molar-refractivity contribution is 0.0697. The Morgan fingerprint density at radius 2 is 0.560 bits per heavy atom. The molecule has 9 rings (SSSR count). The van der Waals surface area contributed by atoms with Gasteiger partial charge in [0.25, 0.3) is 0 Å². The highest BCUT2D eigenvalue weighted by Gasteiger charge is 2.28. The summed E-state index contributed by atoms with van der Waals surface area (Å²) < 4.78 is 0. The van der Waals surface area contributed by atoms with E-state index < -0.39 is 5.97 Å². The molecule has 6 heteroatoms. The second-order valence-electron chi connectivity index (χ2n) is 27.3. The van der Waals surface area contributed by atoms with Gasteiger partial charge in [0.1, 0.15) is 0 Å². The van der Waals surface area contributed by atoms with Gasteiger partial charge in [-0.05, 0) is 149 Å². The standard InChI is InChI=1S/C69H78N4O2/c1-64(2,3)45-31-42(32-46(37-45)65(4,5)6)60-53-25-23-51(70-53)59(40-19-21-41(22-20-40)63(74)75)52-24-26-54(71-52)61(43-33-47(66(7,8)9)38-48(34-43)67(10,11)12)56-28-30-58(73-56)62(57-29-27-55(60)72-57)44-35-49(68(13,14)15)39-50(36-44)69(16,17)18/h19-39,70,73H,1-18H3,(H,74,75). The number of H-pyrrole nitrogens is 2. The molecule has 3 N–H and O–H groups in total. The van der Waals surface area contributed by atoms with E-state index in [0.717, 1.165) is 89.4 Å². The third-order valence-corrected chi connectivity index (χ3v) is 15.0. The summed E-state index contributed by atoms with van der Waals surface area (Å²) in [7, 11) is 0. The summed E-state index contributed by atoms with van der Waals surface area (Å²) >= 11 is 0. The number of aromatic nitrogens is 4. The number of hydrogen-bond donors (Lipinski definition) is 3. The fourth-order valence-corrected chi connectivity index (χ4v) is 10.1. The molecular weight excluding hydrogens is 917 g/mol. The first-order chi connectivity index (χ1) is 34.7. The number of aromatic carboxylic acids is 1. The van der Waals surface area contributed by atoms with E-state index in [1.807, 2.05) is 12.1 Å². The van der Waals surface area contributed by atoms with Gasteiger partial charge in [-0.3, -0.25) is 0 Å². The summed E-state index contributed by atoms with van der Waals surface area (Å²) in [6, 6.07) is 37.2. The van der Waals surface area contributed by atoms with Gasteiger partial charge in [-0.1, -0.05) is 191 Å². The predicted molar refractivity (Wildman–Crippen MR) is 320 cm³/mol. The van der Waals surface area contributed by atoms with E-state index in [-0.39, 0.29) is 38.1 Å². The maximum absolute atomic E-state index is 12.2. The number of carboxylic acid groups (broad SMARTS) is 1. The van der Waals surface area contributed by atoms with Crippen LogP contribution >= 0.6 is 0 Å². The second-order valence-corrected chi connectivity index (χ2v) is 27.3. The molecule has 386 valence electrons. The van der Waals surface area contributed by atoms with Crippen molar-refractivity contribution < 1.29 is 9.90 Å². The van der Waals surface area contributed by atoms with Crippen molar-refractivity contribution in [1.82, 2.24) is 19.9 Å². The van der Waals surface area contributed by atoms with E-state index in [0.29, 0.717) is 0 Å². The number of aromatic amines is 2. The SMILES string of the molecule is CC(C)(C)c1cc(-c2c3nc(c(-c4cc(C(C)(C)C)cc(C(C)(C)C)c4)c4ccc([nH]4)c(-c4cc(C(C)(C)C)cc(C(C)(C)C)c4)c4nc(c(-c5ccc(C(=O)O)cc5)c5ccc2[nH]5)C=C4)C=C3)cc(C(C)(C)C)c1. The van der Waals surface area contributed by atoms with E-state index in [9.17, 15) is 9.90 Å². The molecule has 6 nitrogen and oxygen atoms in total. The van der Waals surface area contributed by atoms with Gasteiger partial charge in [-0.25, -0.2) is 14.8 Å². The lowest BCUT2D eigenvalue weighted by atomic mass is 9.78. The minimum atomic E-state index is -0.970. The fourth-order valence-electron chi connectivity index (χ4n) is 10.1. The number of carboxylic acids is 1. The Kier molecular flexibility index (Phi) is 12.9. The Balaban J connectivity index is 1.53. The van der Waals surface area contributed by atoms with Gasteiger partial charge in [0.05, 0.1) is 28.3 Å². The largest absolute Gasteiger partial charge is 0.478 e. The Morgan fingerprint density at radius 3 is 0.773 bits per heavy atom. The van der Waals surface area contributed by atoms with Crippen LogP contribution in [0.3, 0.4) is 0 Å². The highest BCUT2D eigenvalue weighted by atomic mass is 16.4. The lowest BCUT2D eigenvalue weighted by Gasteiger charge is -2.26.